The molecule has 0 aromatic rings. The van der Waals surface area contributed by atoms with E-state index in [1.807, 2.05) is 0 Å². The summed E-state index contributed by atoms with van der Waals surface area (Å²) in [6.07, 6.45) is 10.4. The van der Waals surface area contributed by atoms with Crippen LogP contribution in [0.2, 0.25) is 0 Å². The van der Waals surface area contributed by atoms with Crippen LogP contribution in [0, 0.1) is 11.8 Å². The zero-order chi connectivity index (χ0) is 15.1. The topological polar surface area (TPSA) is 52.6 Å². The van der Waals surface area contributed by atoms with Crippen LogP contribution in [0.15, 0.2) is 12.7 Å². The van der Waals surface area contributed by atoms with E-state index in [0.29, 0.717) is 0 Å². The highest BCUT2D eigenvalue weighted by Gasteiger charge is 2.38. The van der Waals surface area contributed by atoms with Crippen molar-refractivity contribution in [2.45, 2.75) is 63.9 Å². The number of hydrogen-bond acceptors (Lipinski definition) is 4. The smallest absolute Gasteiger partial charge is 0.310 e. The summed E-state index contributed by atoms with van der Waals surface area (Å²) >= 11 is 0. The van der Waals surface area contributed by atoms with Gasteiger partial charge in [0.05, 0.1) is 11.8 Å². The quantitative estimate of drug-likeness (QED) is 0.576. The minimum Gasteiger partial charge on any atom is -0.462 e. The van der Waals surface area contributed by atoms with E-state index >= 15 is 0 Å². The van der Waals surface area contributed by atoms with Crippen LogP contribution < -0.4 is 0 Å². The van der Waals surface area contributed by atoms with Gasteiger partial charge in [0.2, 0.25) is 0 Å². The molecule has 4 nitrogen and oxygen atoms in total. The fraction of sp³-hybridized carbons (Fsp3) is 0.765. The highest BCUT2D eigenvalue weighted by atomic mass is 16.5. The van der Waals surface area contributed by atoms with Gasteiger partial charge in [0.1, 0.15) is 12.7 Å². The summed E-state index contributed by atoms with van der Waals surface area (Å²) < 4.78 is 10.8. The van der Waals surface area contributed by atoms with Gasteiger partial charge in [-0.05, 0) is 38.5 Å². The molecule has 2 unspecified atom stereocenters. The van der Waals surface area contributed by atoms with Crippen molar-refractivity contribution >= 4 is 11.9 Å². The third-order valence-corrected chi connectivity index (χ3v) is 4.55. The minimum atomic E-state index is -0.338. The first-order valence-corrected chi connectivity index (χ1v) is 8.20. The molecule has 0 aliphatic heterocycles. The highest BCUT2D eigenvalue weighted by molar-refractivity contribution is 5.82. The zero-order valence-corrected chi connectivity index (χ0v) is 12.7. The van der Waals surface area contributed by atoms with Crippen LogP contribution in [0.3, 0.4) is 0 Å². The average Bonchev–Trinajstić information content (AvgIpc) is 2.53. The largest absolute Gasteiger partial charge is 0.462 e. The van der Waals surface area contributed by atoms with Gasteiger partial charge < -0.3 is 9.47 Å². The van der Waals surface area contributed by atoms with E-state index < -0.39 is 0 Å². The molecule has 2 saturated carbocycles. The first kappa shape index (κ1) is 16.1. The first-order chi connectivity index (χ1) is 10.2. The van der Waals surface area contributed by atoms with Crippen LogP contribution in [0.4, 0.5) is 0 Å². The lowest BCUT2D eigenvalue weighted by Crippen LogP contribution is -2.36. The number of carbonyl (C=O) groups is 2. The molecule has 0 aromatic heterocycles. The molecule has 2 atom stereocenters. The Balaban J connectivity index is 1.91. The van der Waals surface area contributed by atoms with Gasteiger partial charge in [0, 0.05) is 0 Å². The predicted molar refractivity (Wildman–Crippen MR) is 79.6 cm³/mol. The van der Waals surface area contributed by atoms with E-state index in [4.69, 9.17) is 9.47 Å². The summed E-state index contributed by atoms with van der Waals surface area (Å²) in [6, 6.07) is 0. The summed E-state index contributed by atoms with van der Waals surface area (Å²) in [7, 11) is 0. The van der Waals surface area contributed by atoms with Crippen LogP contribution in [-0.2, 0) is 19.1 Å². The van der Waals surface area contributed by atoms with E-state index in [1.54, 1.807) is 6.08 Å². The standard InChI is InChI=1S/C17H26O4/c1-2-12-20-16(18)14-10-6-7-11-15(14)17(19)21-13-8-4-3-5-9-13/h2,13-15H,1,3-12H2. The summed E-state index contributed by atoms with van der Waals surface area (Å²) in [5.74, 6) is -1.13. The van der Waals surface area contributed by atoms with Gasteiger partial charge in [-0.1, -0.05) is 31.9 Å². The second-order valence-corrected chi connectivity index (χ2v) is 6.11. The lowest BCUT2D eigenvalue weighted by Gasteiger charge is -2.30. The van der Waals surface area contributed by atoms with E-state index in [9.17, 15) is 9.59 Å². The Morgan fingerprint density at radius 1 is 0.905 bits per heavy atom. The monoisotopic (exact) mass is 294 g/mol. The van der Waals surface area contributed by atoms with E-state index in [-0.39, 0.29) is 36.5 Å². The number of rotatable bonds is 5. The molecule has 21 heavy (non-hydrogen) atoms. The molecule has 0 spiro atoms. The molecule has 0 aromatic carbocycles. The van der Waals surface area contributed by atoms with Gasteiger partial charge in [0.25, 0.3) is 0 Å². The molecular weight excluding hydrogens is 268 g/mol. The molecule has 0 N–H and O–H groups in total. The molecule has 4 heteroatoms. The third kappa shape index (κ3) is 4.58. The van der Waals surface area contributed by atoms with Gasteiger partial charge in [-0.2, -0.15) is 0 Å². The molecule has 0 bridgehead atoms. The Hall–Kier alpha value is -1.32. The lowest BCUT2D eigenvalue weighted by atomic mass is 9.79. The fourth-order valence-corrected chi connectivity index (χ4v) is 3.38. The normalized spacial score (nSPS) is 26.9. The van der Waals surface area contributed by atoms with Gasteiger partial charge in [-0.25, -0.2) is 0 Å². The van der Waals surface area contributed by atoms with Crippen molar-refractivity contribution in [1.82, 2.24) is 0 Å². The van der Waals surface area contributed by atoms with E-state index in [2.05, 4.69) is 6.58 Å². The summed E-state index contributed by atoms with van der Waals surface area (Å²) in [5.41, 5.74) is 0. The number of esters is 2. The third-order valence-electron chi connectivity index (χ3n) is 4.55. The summed E-state index contributed by atoms with van der Waals surface area (Å²) in [4.78, 5) is 24.5. The molecule has 2 rings (SSSR count). The van der Waals surface area contributed by atoms with Gasteiger partial charge in [0.15, 0.2) is 0 Å². The second-order valence-electron chi connectivity index (χ2n) is 6.11. The first-order valence-electron chi connectivity index (χ1n) is 8.20. The van der Waals surface area contributed by atoms with Gasteiger partial charge in [-0.3, -0.25) is 9.59 Å². The zero-order valence-electron chi connectivity index (χ0n) is 12.7. The van der Waals surface area contributed by atoms with Crippen molar-refractivity contribution in [2.24, 2.45) is 11.8 Å². The van der Waals surface area contributed by atoms with Crippen molar-refractivity contribution < 1.29 is 19.1 Å². The molecule has 0 heterocycles. The Labute approximate surface area is 126 Å². The summed E-state index contributed by atoms with van der Waals surface area (Å²) in [5, 5.41) is 0. The number of ether oxygens (including phenoxy) is 2. The van der Waals surface area contributed by atoms with Crippen molar-refractivity contribution in [3.05, 3.63) is 12.7 Å². The minimum absolute atomic E-state index is 0.0537. The van der Waals surface area contributed by atoms with Crippen LogP contribution in [0.1, 0.15) is 57.8 Å². The van der Waals surface area contributed by atoms with Crippen molar-refractivity contribution in [2.75, 3.05) is 6.61 Å². The van der Waals surface area contributed by atoms with Crippen molar-refractivity contribution in [1.29, 1.82) is 0 Å². The summed E-state index contributed by atoms with van der Waals surface area (Å²) in [6.45, 7) is 3.75. The average molecular weight is 294 g/mol. The molecule has 0 radical (unpaired) electrons. The number of hydrogen-bond donors (Lipinski definition) is 0. The number of carbonyl (C=O) groups excluding carboxylic acids is 2. The maximum atomic E-state index is 12.4. The molecule has 2 aliphatic rings. The van der Waals surface area contributed by atoms with E-state index in [0.717, 1.165) is 51.4 Å². The van der Waals surface area contributed by atoms with Gasteiger partial charge >= 0.3 is 11.9 Å². The molecule has 2 aliphatic carbocycles. The van der Waals surface area contributed by atoms with Gasteiger partial charge in [-0.15, -0.1) is 0 Å². The lowest BCUT2D eigenvalue weighted by molar-refractivity contribution is -0.166. The molecule has 118 valence electrons. The van der Waals surface area contributed by atoms with Crippen LogP contribution in [-0.4, -0.2) is 24.6 Å². The Kier molecular flexibility index (Phi) is 6.27. The predicted octanol–water partition coefficient (Wildman–Crippen LogP) is 3.40. The fourth-order valence-electron chi connectivity index (χ4n) is 3.38. The van der Waals surface area contributed by atoms with Crippen LogP contribution in [0.25, 0.3) is 0 Å². The molecule has 0 amide bonds. The SMILES string of the molecule is C=CCOC(=O)C1CCCCC1C(=O)OC1CCCCC1. The highest BCUT2D eigenvalue weighted by Crippen LogP contribution is 2.33. The van der Waals surface area contributed by atoms with Crippen LogP contribution in [0.5, 0.6) is 0 Å². The molecule has 2 fully saturated rings. The second kappa shape index (κ2) is 8.20. The van der Waals surface area contributed by atoms with Crippen LogP contribution >= 0.6 is 0 Å². The Morgan fingerprint density at radius 3 is 2.10 bits per heavy atom. The van der Waals surface area contributed by atoms with Crippen molar-refractivity contribution in [3.63, 3.8) is 0 Å². The maximum absolute atomic E-state index is 12.4. The van der Waals surface area contributed by atoms with E-state index in [1.165, 1.54) is 6.42 Å². The maximum Gasteiger partial charge on any atom is 0.310 e. The molecular formula is C17H26O4. The molecule has 0 saturated heterocycles. The Morgan fingerprint density at radius 2 is 1.48 bits per heavy atom. The van der Waals surface area contributed by atoms with Crippen molar-refractivity contribution in [3.8, 4) is 0 Å². The Bertz CT molecular complexity index is 371.